The first-order valence-corrected chi connectivity index (χ1v) is 4.75. The second-order valence-corrected chi connectivity index (χ2v) is 3.71. The van der Waals surface area contributed by atoms with Crippen molar-refractivity contribution in [1.29, 1.82) is 0 Å². The number of aromatic amines is 1. The van der Waals surface area contributed by atoms with Gasteiger partial charge in [-0.25, -0.2) is 0 Å². The van der Waals surface area contributed by atoms with Gasteiger partial charge in [0.15, 0.2) is 0 Å². The highest BCUT2D eigenvalue weighted by Gasteiger charge is 2.18. The van der Waals surface area contributed by atoms with Crippen LogP contribution in [-0.4, -0.2) is 41.3 Å². The average molecular weight is 180 g/mol. The van der Waals surface area contributed by atoms with E-state index in [1.165, 1.54) is 13.0 Å². The zero-order chi connectivity index (χ0) is 9.10. The van der Waals surface area contributed by atoms with Gasteiger partial charge in [-0.15, -0.1) is 0 Å². The van der Waals surface area contributed by atoms with E-state index in [9.17, 15) is 0 Å². The summed E-state index contributed by atoms with van der Waals surface area (Å²) in [5.41, 5.74) is 1.16. The third-order valence-corrected chi connectivity index (χ3v) is 2.53. The minimum atomic E-state index is 0.647. The van der Waals surface area contributed by atoms with Gasteiger partial charge in [-0.2, -0.15) is 5.10 Å². The smallest absolute Gasteiger partial charge is 0.0490 e. The fourth-order valence-electron chi connectivity index (χ4n) is 1.74. The van der Waals surface area contributed by atoms with Crippen molar-refractivity contribution >= 4 is 0 Å². The van der Waals surface area contributed by atoms with Gasteiger partial charge in [0.05, 0.1) is 0 Å². The molecule has 2 rings (SSSR count). The Kier molecular flexibility index (Phi) is 2.61. The van der Waals surface area contributed by atoms with Gasteiger partial charge >= 0.3 is 0 Å². The largest absolute Gasteiger partial charge is 0.307 e. The number of hydrogen-bond acceptors (Lipinski definition) is 3. The summed E-state index contributed by atoms with van der Waals surface area (Å²) in [6.45, 7) is 3.27. The summed E-state index contributed by atoms with van der Waals surface area (Å²) in [6.07, 6.45) is 3.04. The molecule has 0 aromatic carbocycles. The van der Waals surface area contributed by atoms with Crippen molar-refractivity contribution in [3.8, 4) is 0 Å². The molecular weight excluding hydrogens is 164 g/mol. The van der Waals surface area contributed by atoms with Gasteiger partial charge < -0.3 is 10.2 Å². The molecule has 1 atom stereocenters. The highest BCUT2D eigenvalue weighted by Crippen LogP contribution is 2.06. The first kappa shape index (κ1) is 8.72. The summed E-state index contributed by atoms with van der Waals surface area (Å²) < 4.78 is 0. The molecule has 0 aliphatic carbocycles. The van der Waals surface area contributed by atoms with Gasteiger partial charge in [-0.3, -0.25) is 5.10 Å². The molecule has 4 nitrogen and oxygen atoms in total. The lowest BCUT2D eigenvalue weighted by Gasteiger charge is -2.11. The van der Waals surface area contributed by atoms with Crippen molar-refractivity contribution in [3.63, 3.8) is 0 Å². The Hall–Kier alpha value is -0.870. The van der Waals surface area contributed by atoms with E-state index in [0.717, 1.165) is 18.8 Å². The maximum Gasteiger partial charge on any atom is 0.0490 e. The number of hydrogen-bond donors (Lipinski definition) is 2. The highest BCUT2D eigenvalue weighted by atomic mass is 15.2. The second-order valence-electron chi connectivity index (χ2n) is 3.71. The molecule has 0 bridgehead atoms. The maximum absolute atomic E-state index is 3.91. The molecule has 0 amide bonds. The zero-order valence-corrected chi connectivity index (χ0v) is 7.95. The first-order valence-electron chi connectivity index (χ1n) is 4.75. The molecule has 1 aromatic rings. The van der Waals surface area contributed by atoms with Gasteiger partial charge in [0.1, 0.15) is 0 Å². The standard InChI is InChI=1S/C9H16N4/c1-13-5-3-9(7-13)10-6-8-2-4-11-12-8/h2,4,9-10H,3,5-7H2,1H3,(H,11,12). The minimum Gasteiger partial charge on any atom is -0.307 e. The lowest BCUT2D eigenvalue weighted by Crippen LogP contribution is -2.31. The third kappa shape index (κ3) is 2.29. The maximum atomic E-state index is 3.91. The molecule has 4 heteroatoms. The normalized spacial score (nSPS) is 23.9. The fraction of sp³-hybridized carbons (Fsp3) is 0.667. The Morgan fingerprint density at radius 2 is 2.69 bits per heavy atom. The minimum absolute atomic E-state index is 0.647. The molecule has 1 fully saturated rings. The lowest BCUT2D eigenvalue weighted by atomic mass is 10.2. The number of H-pyrrole nitrogens is 1. The van der Waals surface area contributed by atoms with Crippen molar-refractivity contribution < 1.29 is 0 Å². The molecule has 2 heterocycles. The fourth-order valence-corrected chi connectivity index (χ4v) is 1.74. The Morgan fingerprint density at radius 1 is 1.77 bits per heavy atom. The van der Waals surface area contributed by atoms with Crippen molar-refractivity contribution in [2.24, 2.45) is 0 Å². The number of nitrogens with one attached hydrogen (secondary N) is 2. The third-order valence-electron chi connectivity index (χ3n) is 2.53. The summed E-state index contributed by atoms with van der Waals surface area (Å²) in [5, 5.41) is 10.4. The van der Waals surface area contributed by atoms with Crippen LogP contribution >= 0.6 is 0 Å². The zero-order valence-electron chi connectivity index (χ0n) is 7.95. The van der Waals surface area contributed by atoms with Gasteiger partial charge in [0, 0.05) is 31.0 Å². The molecule has 72 valence electrons. The molecule has 1 aliphatic rings. The summed E-state index contributed by atoms with van der Waals surface area (Å²) in [4.78, 5) is 2.35. The van der Waals surface area contributed by atoms with Crippen molar-refractivity contribution in [3.05, 3.63) is 18.0 Å². The molecule has 1 saturated heterocycles. The monoisotopic (exact) mass is 180 g/mol. The topological polar surface area (TPSA) is 44.0 Å². The van der Waals surface area contributed by atoms with Gasteiger partial charge in [-0.1, -0.05) is 0 Å². The SMILES string of the molecule is CN1CCC(NCc2ccn[nH]2)C1. The number of nitrogens with zero attached hydrogens (tertiary/aromatic N) is 2. The van der Waals surface area contributed by atoms with Crippen LogP contribution in [0.3, 0.4) is 0 Å². The summed E-state index contributed by atoms with van der Waals surface area (Å²) >= 11 is 0. The Bertz CT molecular complexity index is 244. The Labute approximate surface area is 78.3 Å². The van der Waals surface area contributed by atoms with Gasteiger partial charge in [0.2, 0.25) is 0 Å². The van der Waals surface area contributed by atoms with Gasteiger partial charge in [-0.05, 0) is 26.1 Å². The van der Waals surface area contributed by atoms with E-state index in [0.29, 0.717) is 6.04 Å². The lowest BCUT2D eigenvalue weighted by molar-refractivity contribution is 0.397. The molecule has 0 radical (unpaired) electrons. The summed E-state index contributed by atoms with van der Waals surface area (Å²) in [5.74, 6) is 0. The number of likely N-dealkylation sites (N-methyl/N-ethyl adjacent to an activating group) is 1. The van der Waals surface area contributed by atoms with Crippen LogP contribution in [0.15, 0.2) is 12.3 Å². The molecule has 2 N–H and O–H groups in total. The summed E-state index contributed by atoms with van der Waals surface area (Å²) in [7, 11) is 2.16. The first-order chi connectivity index (χ1) is 6.34. The molecule has 1 unspecified atom stereocenters. The van der Waals surface area contributed by atoms with E-state index < -0.39 is 0 Å². The molecule has 0 spiro atoms. The molecule has 0 saturated carbocycles. The molecule has 1 aliphatic heterocycles. The second kappa shape index (κ2) is 3.89. The van der Waals surface area contributed by atoms with Crippen LogP contribution in [0.1, 0.15) is 12.1 Å². The van der Waals surface area contributed by atoms with E-state index in [-0.39, 0.29) is 0 Å². The Morgan fingerprint density at radius 3 is 3.31 bits per heavy atom. The van der Waals surface area contributed by atoms with Crippen LogP contribution in [-0.2, 0) is 6.54 Å². The van der Waals surface area contributed by atoms with E-state index in [4.69, 9.17) is 0 Å². The molecular formula is C9H16N4. The van der Waals surface area contributed by atoms with Crippen molar-refractivity contribution in [2.75, 3.05) is 20.1 Å². The van der Waals surface area contributed by atoms with Crippen LogP contribution in [0, 0.1) is 0 Å². The summed E-state index contributed by atoms with van der Waals surface area (Å²) in [6, 6.07) is 2.65. The van der Waals surface area contributed by atoms with Crippen molar-refractivity contribution in [2.45, 2.75) is 19.0 Å². The Balaban J connectivity index is 1.74. The van der Waals surface area contributed by atoms with Crippen LogP contribution in [0.5, 0.6) is 0 Å². The quantitative estimate of drug-likeness (QED) is 0.698. The molecule has 1 aromatic heterocycles. The van der Waals surface area contributed by atoms with Crippen molar-refractivity contribution in [1.82, 2.24) is 20.4 Å². The number of rotatable bonds is 3. The highest BCUT2D eigenvalue weighted by molar-refractivity contribution is 4.97. The average Bonchev–Trinajstić information content (AvgIpc) is 2.71. The number of aromatic nitrogens is 2. The van der Waals surface area contributed by atoms with E-state index in [2.05, 4.69) is 27.5 Å². The number of likely N-dealkylation sites (tertiary alicyclic amines) is 1. The van der Waals surface area contributed by atoms with Crippen LogP contribution in [0.25, 0.3) is 0 Å². The van der Waals surface area contributed by atoms with E-state index in [1.54, 1.807) is 6.20 Å². The predicted molar refractivity (Wildman–Crippen MR) is 51.3 cm³/mol. The van der Waals surface area contributed by atoms with Crippen LogP contribution < -0.4 is 5.32 Å². The molecule has 13 heavy (non-hydrogen) atoms. The van der Waals surface area contributed by atoms with Crippen LogP contribution in [0.2, 0.25) is 0 Å². The van der Waals surface area contributed by atoms with E-state index >= 15 is 0 Å². The predicted octanol–water partition coefficient (Wildman–Crippen LogP) is 0.203. The van der Waals surface area contributed by atoms with Gasteiger partial charge in [0.25, 0.3) is 0 Å². The van der Waals surface area contributed by atoms with E-state index in [1.807, 2.05) is 6.07 Å². The van der Waals surface area contributed by atoms with Crippen LogP contribution in [0.4, 0.5) is 0 Å².